The van der Waals surface area contributed by atoms with Crippen molar-refractivity contribution in [1.29, 1.82) is 0 Å². The zero-order chi connectivity index (χ0) is 13.0. The lowest BCUT2D eigenvalue weighted by Crippen LogP contribution is -2.46. The summed E-state index contributed by atoms with van der Waals surface area (Å²) in [7, 11) is 0. The molecule has 0 aliphatic rings. The Balaban J connectivity index is 2.89. The molecule has 1 atom stereocenters. The largest absolute Gasteiger partial charge is 0.336 e. The molecule has 0 radical (unpaired) electrons. The van der Waals surface area contributed by atoms with Crippen LogP contribution in [0.15, 0.2) is 30.3 Å². The SMILES string of the molecule is CC(C)N(C(=O)C(N)c1ccccc1)C(C)C. The van der Waals surface area contributed by atoms with Crippen molar-refractivity contribution in [3.05, 3.63) is 35.9 Å². The number of benzene rings is 1. The van der Waals surface area contributed by atoms with Gasteiger partial charge in [0, 0.05) is 12.1 Å². The molecule has 3 heteroatoms. The Labute approximate surface area is 104 Å². The van der Waals surface area contributed by atoms with Gasteiger partial charge in [-0.3, -0.25) is 4.79 Å². The topological polar surface area (TPSA) is 46.3 Å². The van der Waals surface area contributed by atoms with Crippen molar-refractivity contribution in [3.8, 4) is 0 Å². The van der Waals surface area contributed by atoms with Crippen LogP contribution in [0.2, 0.25) is 0 Å². The zero-order valence-corrected chi connectivity index (χ0v) is 11.1. The summed E-state index contributed by atoms with van der Waals surface area (Å²) in [6.45, 7) is 8.04. The first-order chi connectivity index (χ1) is 7.95. The third kappa shape index (κ3) is 3.30. The van der Waals surface area contributed by atoms with Gasteiger partial charge in [0.05, 0.1) is 0 Å². The molecule has 0 heterocycles. The van der Waals surface area contributed by atoms with Crippen LogP contribution in [0.5, 0.6) is 0 Å². The third-order valence-corrected chi connectivity index (χ3v) is 2.79. The molecule has 2 N–H and O–H groups in total. The fraction of sp³-hybridized carbons (Fsp3) is 0.500. The Kier molecular flexibility index (Phi) is 4.70. The predicted octanol–water partition coefficient (Wildman–Crippen LogP) is 2.33. The van der Waals surface area contributed by atoms with Gasteiger partial charge in [0.25, 0.3) is 0 Å². The van der Waals surface area contributed by atoms with Gasteiger partial charge < -0.3 is 10.6 Å². The van der Waals surface area contributed by atoms with Crippen molar-refractivity contribution in [2.45, 2.75) is 45.8 Å². The van der Waals surface area contributed by atoms with Gasteiger partial charge in [-0.2, -0.15) is 0 Å². The Morgan fingerprint density at radius 1 is 1.06 bits per heavy atom. The molecule has 0 aliphatic carbocycles. The summed E-state index contributed by atoms with van der Waals surface area (Å²) in [6.07, 6.45) is 0. The van der Waals surface area contributed by atoms with Gasteiger partial charge in [-0.15, -0.1) is 0 Å². The lowest BCUT2D eigenvalue weighted by atomic mass is 10.0. The molecule has 0 saturated carbocycles. The van der Waals surface area contributed by atoms with Crippen LogP contribution in [0.3, 0.4) is 0 Å². The lowest BCUT2D eigenvalue weighted by Gasteiger charge is -2.33. The number of nitrogens with two attached hydrogens (primary N) is 1. The second kappa shape index (κ2) is 5.82. The Hall–Kier alpha value is -1.35. The van der Waals surface area contributed by atoms with Gasteiger partial charge in [0.15, 0.2) is 0 Å². The summed E-state index contributed by atoms with van der Waals surface area (Å²) in [5.41, 5.74) is 6.89. The molecule has 17 heavy (non-hydrogen) atoms. The van der Waals surface area contributed by atoms with Crippen LogP contribution < -0.4 is 5.73 Å². The van der Waals surface area contributed by atoms with E-state index in [0.29, 0.717) is 0 Å². The highest BCUT2D eigenvalue weighted by Crippen LogP contribution is 2.16. The lowest BCUT2D eigenvalue weighted by molar-refractivity contribution is -0.136. The van der Waals surface area contributed by atoms with E-state index in [-0.39, 0.29) is 18.0 Å². The van der Waals surface area contributed by atoms with E-state index in [1.54, 1.807) is 0 Å². The van der Waals surface area contributed by atoms with Crippen molar-refractivity contribution in [2.24, 2.45) is 5.73 Å². The molecule has 0 saturated heterocycles. The third-order valence-electron chi connectivity index (χ3n) is 2.79. The summed E-state index contributed by atoms with van der Waals surface area (Å²) in [5.74, 6) is -0.0128. The molecule has 1 aromatic carbocycles. The first kappa shape index (κ1) is 13.7. The Bertz CT molecular complexity index is 352. The number of rotatable bonds is 4. The summed E-state index contributed by atoms with van der Waals surface area (Å²) in [5, 5.41) is 0. The minimum atomic E-state index is -0.569. The maximum absolute atomic E-state index is 12.3. The molecule has 0 aliphatic heterocycles. The van der Waals surface area contributed by atoms with Crippen molar-refractivity contribution >= 4 is 5.91 Å². The summed E-state index contributed by atoms with van der Waals surface area (Å²) >= 11 is 0. The quantitative estimate of drug-likeness (QED) is 0.869. The molecular weight excluding hydrogens is 212 g/mol. The van der Waals surface area contributed by atoms with E-state index in [1.165, 1.54) is 0 Å². The highest BCUT2D eigenvalue weighted by atomic mass is 16.2. The average molecular weight is 234 g/mol. The Morgan fingerprint density at radius 3 is 1.94 bits per heavy atom. The molecule has 1 unspecified atom stereocenters. The zero-order valence-electron chi connectivity index (χ0n) is 11.1. The minimum absolute atomic E-state index is 0.0128. The first-order valence-corrected chi connectivity index (χ1v) is 6.07. The fourth-order valence-electron chi connectivity index (χ4n) is 2.07. The average Bonchev–Trinajstić information content (AvgIpc) is 2.28. The predicted molar refractivity (Wildman–Crippen MR) is 70.5 cm³/mol. The highest BCUT2D eigenvalue weighted by molar-refractivity contribution is 5.83. The van der Waals surface area contributed by atoms with Gasteiger partial charge in [0.2, 0.25) is 5.91 Å². The fourth-order valence-corrected chi connectivity index (χ4v) is 2.07. The molecule has 1 amide bonds. The Morgan fingerprint density at radius 2 is 1.53 bits per heavy atom. The normalized spacial score (nSPS) is 12.9. The van der Waals surface area contributed by atoms with E-state index < -0.39 is 6.04 Å². The minimum Gasteiger partial charge on any atom is -0.336 e. The second-order valence-electron chi connectivity index (χ2n) is 4.82. The number of hydrogen-bond acceptors (Lipinski definition) is 2. The van der Waals surface area contributed by atoms with Gasteiger partial charge >= 0.3 is 0 Å². The van der Waals surface area contributed by atoms with Crippen LogP contribution in [-0.2, 0) is 4.79 Å². The van der Waals surface area contributed by atoms with Crippen molar-refractivity contribution in [1.82, 2.24) is 4.90 Å². The molecule has 3 nitrogen and oxygen atoms in total. The maximum Gasteiger partial charge on any atom is 0.244 e. The summed E-state index contributed by atoms with van der Waals surface area (Å²) in [4.78, 5) is 14.2. The van der Waals surface area contributed by atoms with Crippen molar-refractivity contribution in [2.75, 3.05) is 0 Å². The van der Waals surface area contributed by atoms with Crippen LogP contribution in [0, 0.1) is 0 Å². The van der Waals surface area contributed by atoms with E-state index in [0.717, 1.165) is 5.56 Å². The smallest absolute Gasteiger partial charge is 0.244 e. The number of amides is 1. The number of nitrogens with zero attached hydrogens (tertiary/aromatic N) is 1. The van der Waals surface area contributed by atoms with Crippen molar-refractivity contribution in [3.63, 3.8) is 0 Å². The number of carbonyl (C=O) groups is 1. The van der Waals surface area contributed by atoms with Crippen LogP contribution in [0.4, 0.5) is 0 Å². The van der Waals surface area contributed by atoms with Crippen molar-refractivity contribution < 1.29 is 4.79 Å². The van der Waals surface area contributed by atoms with E-state index in [1.807, 2.05) is 62.9 Å². The molecule has 1 aromatic rings. The first-order valence-electron chi connectivity index (χ1n) is 6.07. The summed E-state index contributed by atoms with van der Waals surface area (Å²) in [6, 6.07) is 9.26. The monoisotopic (exact) mass is 234 g/mol. The van der Waals surface area contributed by atoms with Crippen LogP contribution >= 0.6 is 0 Å². The van der Waals surface area contributed by atoms with Gasteiger partial charge in [-0.05, 0) is 33.3 Å². The highest BCUT2D eigenvalue weighted by Gasteiger charge is 2.26. The second-order valence-corrected chi connectivity index (χ2v) is 4.82. The molecule has 0 spiro atoms. The molecule has 0 bridgehead atoms. The van der Waals surface area contributed by atoms with E-state index in [9.17, 15) is 4.79 Å². The van der Waals surface area contributed by atoms with E-state index in [2.05, 4.69) is 0 Å². The molecular formula is C14H22N2O. The summed E-state index contributed by atoms with van der Waals surface area (Å²) < 4.78 is 0. The maximum atomic E-state index is 12.3. The number of hydrogen-bond donors (Lipinski definition) is 1. The molecule has 0 aromatic heterocycles. The molecule has 0 fully saturated rings. The van der Waals surface area contributed by atoms with E-state index >= 15 is 0 Å². The number of carbonyl (C=O) groups excluding carboxylic acids is 1. The van der Waals surface area contributed by atoms with Gasteiger partial charge in [-0.25, -0.2) is 0 Å². The van der Waals surface area contributed by atoms with Crippen LogP contribution in [0.25, 0.3) is 0 Å². The van der Waals surface area contributed by atoms with Gasteiger partial charge in [0.1, 0.15) is 6.04 Å². The molecule has 1 rings (SSSR count). The van der Waals surface area contributed by atoms with Crippen LogP contribution in [-0.4, -0.2) is 22.9 Å². The van der Waals surface area contributed by atoms with Crippen LogP contribution in [0.1, 0.15) is 39.3 Å². The molecule has 94 valence electrons. The van der Waals surface area contributed by atoms with E-state index in [4.69, 9.17) is 5.73 Å². The van der Waals surface area contributed by atoms with Gasteiger partial charge in [-0.1, -0.05) is 30.3 Å². The standard InChI is InChI=1S/C14H22N2O/c1-10(2)16(11(3)4)14(17)13(15)12-8-6-5-7-9-12/h5-11,13H,15H2,1-4H3.